The van der Waals surface area contributed by atoms with E-state index >= 15 is 0 Å². The highest BCUT2D eigenvalue weighted by Crippen LogP contribution is 2.38. The van der Waals surface area contributed by atoms with Gasteiger partial charge in [0.1, 0.15) is 38.3 Å². The van der Waals surface area contributed by atoms with Crippen LogP contribution in [0.2, 0.25) is 0 Å². The maximum atomic E-state index is 13.4. The molecule has 1 saturated carbocycles. The molecule has 0 amide bonds. The van der Waals surface area contributed by atoms with Gasteiger partial charge >= 0.3 is 23.9 Å². The molecule has 1 aliphatic carbocycles. The van der Waals surface area contributed by atoms with Crippen molar-refractivity contribution in [2.45, 2.75) is 96.4 Å². The van der Waals surface area contributed by atoms with E-state index in [-0.39, 0.29) is 23.9 Å². The second kappa shape index (κ2) is 23.7. The second-order valence-electron chi connectivity index (χ2n) is 12.2. The van der Waals surface area contributed by atoms with Gasteiger partial charge in [-0.05, 0) is 100 Å². The number of allylic oxidation sites excluding steroid dienone is 2. The average molecular weight is 685 g/mol. The number of nitrogens with zero attached hydrogens (tertiary/aromatic N) is 6. The Balaban J connectivity index is 2.06. The molecule has 0 radical (unpaired) electrons. The van der Waals surface area contributed by atoms with Gasteiger partial charge in [0.05, 0.1) is 12.2 Å². The smallest absolute Gasteiger partial charge is 0.316 e. The van der Waals surface area contributed by atoms with Crippen molar-refractivity contribution in [3.05, 3.63) is 68.9 Å². The minimum atomic E-state index is -1.18. The topological polar surface area (TPSA) is 223 Å². The maximum Gasteiger partial charge on any atom is 0.316 e. The van der Waals surface area contributed by atoms with Crippen LogP contribution in [0.25, 0.3) is 20.9 Å². The van der Waals surface area contributed by atoms with Gasteiger partial charge in [-0.1, -0.05) is 52.7 Å². The molecule has 268 valence electrons. The summed E-state index contributed by atoms with van der Waals surface area (Å²) in [6.07, 6.45) is 9.38. The first-order valence-electron chi connectivity index (χ1n) is 16.7. The summed E-state index contributed by atoms with van der Waals surface area (Å²) in [5.41, 5.74) is 18.0. The van der Waals surface area contributed by atoms with Gasteiger partial charge in [-0.25, -0.2) is 0 Å². The number of aliphatic hydroxyl groups is 1. The highest BCUT2D eigenvalue weighted by Gasteiger charge is 2.35. The second-order valence-corrected chi connectivity index (χ2v) is 12.2. The van der Waals surface area contributed by atoms with Crippen molar-refractivity contribution in [1.82, 2.24) is 0 Å². The molecule has 1 N–H and O–H groups in total. The fourth-order valence-corrected chi connectivity index (χ4v) is 5.63. The Labute approximate surface area is 286 Å². The fourth-order valence-electron chi connectivity index (χ4n) is 5.63. The molecule has 1 aromatic carbocycles. The number of hydrogen-bond donors (Lipinski definition) is 1. The molecule has 0 unspecified atom stereocenters. The van der Waals surface area contributed by atoms with Gasteiger partial charge in [-0.15, -0.1) is 0 Å². The molecule has 2 rings (SSSR count). The molecule has 0 bridgehead atoms. The van der Waals surface area contributed by atoms with Gasteiger partial charge in [0.2, 0.25) is 0 Å². The number of carbonyl (C=O) groups excluding carboxylic acids is 4. The lowest BCUT2D eigenvalue weighted by atomic mass is 9.86. The molecule has 15 heteroatoms. The van der Waals surface area contributed by atoms with Gasteiger partial charge in [-0.3, -0.25) is 19.2 Å². The lowest BCUT2D eigenvalue weighted by Gasteiger charge is -2.25. The fraction of sp³-hybridized carbons (Fsp3) is 0.647. The highest BCUT2D eigenvalue weighted by molar-refractivity contribution is 5.76. The highest BCUT2D eigenvalue weighted by atomic mass is 16.6. The summed E-state index contributed by atoms with van der Waals surface area (Å²) in [6.45, 7) is 1.51. The number of hydrogen-bond acceptors (Lipinski definition) is 11. The van der Waals surface area contributed by atoms with Gasteiger partial charge < -0.3 is 24.1 Å². The van der Waals surface area contributed by atoms with E-state index in [2.05, 4.69) is 26.1 Å². The maximum absolute atomic E-state index is 13.4. The van der Waals surface area contributed by atoms with Crippen molar-refractivity contribution in [3.63, 3.8) is 0 Å². The van der Waals surface area contributed by atoms with E-state index in [1.807, 2.05) is 50.3 Å². The first kappa shape index (κ1) is 40.6. The van der Waals surface area contributed by atoms with E-state index in [1.165, 1.54) is 0 Å². The van der Waals surface area contributed by atoms with Crippen LogP contribution in [0.4, 0.5) is 0 Å². The number of aliphatic hydroxyl groups excluding tert-OH is 1. The Morgan fingerprint density at radius 2 is 1.57 bits per heavy atom. The summed E-state index contributed by atoms with van der Waals surface area (Å²) < 4.78 is 21.3. The molecule has 49 heavy (non-hydrogen) atoms. The molecule has 4 atom stereocenters. The zero-order valence-corrected chi connectivity index (χ0v) is 28.3. The number of benzene rings is 1. The van der Waals surface area contributed by atoms with Crippen LogP contribution in [-0.2, 0) is 44.5 Å². The summed E-state index contributed by atoms with van der Waals surface area (Å²) in [7, 11) is 0. The Morgan fingerprint density at radius 1 is 0.918 bits per heavy atom. The third kappa shape index (κ3) is 17.4. The van der Waals surface area contributed by atoms with E-state index in [4.69, 9.17) is 30.0 Å². The normalized spacial score (nSPS) is 18.2. The van der Waals surface area contributed by atoms with Crippen molar-refractivity contribution in [2.24, 2.45) is 28.0 Å². The number of azide groups is 2. The molecule has 0 spiro atoms. The number of carbonyl (C=O) groups is 4. The van der Waals surface area contributed by atoms with Crippen molar-refractivity contribution in [3.8, 4) is 0 Å². The lowest BCUT2D eigenvalue weighted by Crippen LogP contribution is -2.33. The molecule has 0 saturated heterocycles. The van der Waals surface area contributed by atoms with Crippen LogP contribution < -0.4 is 0 Å². The summed E-state index contributed by atoms with van der Waals surface area (Å²) in [6, 6.07) is 9.74. The van der Waals surface area contributed by atoms with E-state index in [9.17, 15) is 24.3 Å². The molecular formula is C34H48N6O9. The van der Waals surface area contributed by atoms with Crippen LogP contribution in [0, 0.1) is 17.8 Å². The number of ether oxygens (including phenoxy) is 4. The number of rotatable bonds is 23. The minimum absolute atomic E-state index is 0.0475. The number of aryl methyl sites for hydroxylation is 1. The van der Waals surface area contributed by atoms with E-state index < -0.39 is 62.3 Å². The van der Waals surface area contributed by atoms with Gasteiger partial charge in [-0.2, -0.15) is 0 Å². The molecular weight excluding hydrogens is 636 g/mol. The first-order valence-corrected chi connectivity index (χ1v) is 16.7. The summed E-state index contributed by atoms with van der Waals surface area (Å²) in [5, 5.41) is 17.0. The van der Waals surface area contributed by atoms with Crippen LogP contribution in [-0.4, -0.2) is 73.6 Å². The number of unbranched alkanes of at least 4 members (excludes halogenated alkanes) is 1. The van der Waals surface area contributed by atoms with Crippen molar-refractivity contribution in [1.29, 1.82) is 0 Å². The van der Waals surface area contributed by atoms with Crippen LogP contribution in [0.5, 0.6) is 0 Å². The molecule has 1 aromatic rings. The Bertz CT molecular complexity index is 1280. The van der Waals surface area contributed by atoms with Crippen molar-refractivity contribution < 1.29 is 43.2 Å². The molecule has 1 fully saturated rings. The van der Waals surface area contributed by atoms with Crippen LogP contribution in [0.15, 0.2) is 52.7 Å². The predicted octanol–water partition coefficient (Wildman–Crippen LogP) is 6.09. The summed E-state index contributed by atoms with van der Waals surface area (Å²) in [5.74, 6) is -3.61. The Kier molecular flexibility index (Phi) is 19.6. The van der Waals surface area contributed by atoms with E-state index in [0.29, 0.717) is 51.4 Å². The average Bonchev–Trinajstić information content (AvgIpc) is 3.43. The monoisotopic (exact) mass is 684 g/mol. The number of esters is 4. The zero-order valence-electron chi connectivity index (χ0n) is 28.3. The first-order chi connectivity index (χ1) is 23.6. The Morgan fingerprint density at radius 3 is 2.18 bits per heavy atom. The quantitative estimate of drug-likeness (QED) is 0.0267. The standard InChI is InChI=1S/C34H48N6O9/c1-24(2)48-31(42)13-9-4-3-8-12-29-26(16-19-30(29)41)15-18-28(17-14-25-10-6-5-7-11-25)49-34(45)27(22-46-32(43)20-37-39-35)23-47-33(44)21-38-40-36/h3,5-8,10-11,24,26-30,41H,4,9,12-23H2,1-2H3/b8-3-/t26-,28-,29+,30-/m0/s1. The SMILES string of the molecule is CC(C)OC(=O)CCC/C=C\C[C@@H]1[C@@H](CC[C@H](CCc2ccccc2)OC(=O)C(COC(=O)CN=[N+]=[N-])COC(=O)CN=[N+]=[N-])CC[C@@H]1O. The van der Waals surface area contributed by atoms with Crippen LogP contribution >= 0.6 is 0 Å². The largest absolute Gasteiger partial charge is 0.465 e. The van der Waals surface area contributed by atoms with Gasteiger partial charge in [0.25, 0.3) is 0 Å². The van der Waals surface area contributed by atoms with Crippen LogP contribution in [0.1, 0.15) is 77.2 Å². The third-order valence-corrected chi connectivity index (χ3v) is 8.12. The van der Waals surface area contributed by atoms with Crippen molar-refractivity contribution >= 4 is 23.9 Å². The zero-order chi connectivity index (χ0) is 35.9. The summed E-state index contributed by atoms with van der Waals surface area (Å²) in [4.78, 5) is 54.0. The Hall–Kier alpha value is -4.58. The molecule has 0 heterocycles. The third-order valence-electron chi connectivity index (χ3n) is 8.12. The van der Waals surface area contributed by atoms with E-state index in [1.54, 1.807) is 0 Å². The van der Waals surface area contributed by atoms with Crippen LogP contribution in [0.3, 0.4) is 0 Å². The van der Waals surface area contributed by atoms with Gasteiger partial charge in [0.15, 0.2) is 0 Å². The summed E-state index contributed by atoms with van der Waals surface area (Å²) >= 11 is 0. The van der Waals surface area contributed by atoms with Gasteiger partial charge in [0, 0.05) is 16.2 Å². The van der Waals surface area contributed by atoms with Crippen molar-refractivity contribution in [2.75, 3.05) is 26.3 Å². The molecule has 15 nitrogen and oxygen atoms in total. The molecule has 0 aliphatic heterocycles. The molecule has 1 aliphatic rings. The molecule has 0 aromatic heterocycles. The lowest BCUT2D eigenvalue weighted by molar-refractivity contribution is -0.164. The predicted molar refractivity (Wildman–Crippen MR) is 178 cm³/mol. The minimum Gasteiger partial charge on any atom is -0.465 e. The van der Waals surface area contributed by atoms with E-state index in [0.717, 1.165) is 18.4 Å².